The fourth-order valence-corrected chi connectivity index (χ4v) is 2.95. The molecule has 20 heavy (non-hydrogen) atoms. The van der Waals surface area contributed by atoms with Crippen LogP contribution in [0, 0.1) is 10.5 Å². The van der Waals surface area contributed by atoms with Crippen molar-refractivity contribution in [3.63, 3.8) is 0 Å². The Hall–Kier alpha value is -1.28. The molecule has 0 spiro atoms. The lowest BCUT2D eigenvalue weighted by Crippen LogP contribution is -2.14. The van der Waals surface area contributed by atoms with Crippen molar-refractivity contribution in [2.24, 2.45) is 0 Å². The highest BCUT2D eigenvalue weighted by molar-refractivity contribution is 14.1. The molecule has 0 aliphatic carbocycles. The fraction of sp³-hybridized carbons (Fsp3) is 0.0714. The molecule has 0 aliphatic heterocycles. The summed E-state index contributed by atoms with van der Waals surface area (Å²) < 4.78 is 1.56. The van der Waals surface area contributed by atoms with Gasteiger partial charge in [0, 0.05) is 8.04 Å². The molecule has 0 aromatic heterocycles. The van der Waals surface area contributed by atoms with E-state index in [0.29, 0.717) is 15.8 Å². The van der Waals surface area contributed by atoms with Gasteiger partial charge in [0.2, 0.25) is 0 Å². The summed E-state index contributed by atoms with van der Waals surface area (Å²) in [6, 6.07) is 8.46. The van der Waals surface area contributed by atoms with Gasteiger partial charge in [-0.3, -0.25) is 4.79 Å². The van der Waals surface area contributed by atoms with Gasteiger partial charge in [0.1, 0.15) is 5.75 Å². The largest absolute Gasteiger partial charge is 0.507 e. The predicted molar refractivity (Wildman–Crippen MR) is 92.1 cm³/mol. The lowest BCUT2D eigenvalue weighted by Gasteiger charge is -2.12. The van der Waals surface area contributed by atoms with Crippen LogP contribution >= 0.6 is 38.5 Å². The smallest absolute Gasteiger partial charge is 0.259 e. The van der Waals surface area contributed by atoms with E-state index in [-0.39, 0.29) is 11.3 Å². The van der Waals surface area contributed by atoms with Crippen molar-refractivity contribution >= 4 is 55.8 Å². The zero-order valence-electron chi connectivity index (χ0n) is 10.6. The molecule has 6 heteroatoms. The van der Waals surface area contributed by atoms with Gasteiger partial charge in [-0.2, -0.15) is 0 Å². The maximum atomic E-state index is 12.2. The van der Waals surface area contributed by atoms with Crippen LogP contribution in [0.3, 0.4) is 0 Å². The Bertz CT molecular complexity index is 666. The number of hydrogen-bond donors (Lipinski definition) is 3. The van der Waals surface area contributed by atoms with Crippen LogP contribution in [0.4, 0.5) is 11.4 Å². The number of benzene rings is 2. The molecule has 0 bridgehead atoms. The number of hydrogen-bond acceptors (Lipinski definition) is 3. The van der Waals surface area contributed by atoms with Crippen molar-refractivity contribution in [2.75, 3.05) is 11.1 Å². The number of nitrogens with one attached hydrogen (secondary N) is 1. The van der Waals surface area contributed by atoms with Crippen LogP contribution in [0.5, 0.6) is 5.75 Å². The molecule has 4 N–H and O–H groups in total. The molecule has 0 aliphatic rings. The second-order valence-corrected chi connectivity index (χ2v) is 6.43. The number of carbonyl (C=O) groups excluding carboxylic acids is 1. The predicted octanol–water partition coefficient (Wildman–Crippen LogP) is 3.90. The number of carbonyl (C=O) groups is 1. The molecule has 0 atom stereocenters. The standard InChI is InChI=1S/C14H12BrIN2O2/c1-7-4-10(15)13(11(17)5-7)18-14(20)9-6-8(16)2-3-12(9)19/h2-6,19H,17H2,1H3,(H,18,20). The minimum absolute atomic E-state index is 0.0651. The van der Waals surface area contributed by atoms with Crippen LogP contribution in [0.1, 0.15) is 15.9 Å². The highest BCUT2D eigenvalue weighted by atomic mass is 127. The Kier molecular flexibility index (Phi) is 4.54. The fourth-order valence-electron chi connectivity index (χ4n) is 1.77. The minimum Gasteiger partial charge on any atom is -0.507 e. The molecule has 0 saturated carbocycles. The van der Waals surface area contributed by atoms with Gasteiger partial charge < -0.3 is 16.2 Å². The van der Waals surface area contributed by atoms with Crippen molar-refractivity contribution in [1.82, 2.24) is 0 Å². The van der Waals surface area contributed by atoms with Crippen LogP contribution in [-0.2, 0) is 0 Å². The third kappa shape index (κ3) is 3.24. The number of rotatable bonds is 2. The van der Waals surface area contributed by atoms with Gasteiger partial charge in [-0.15, -0.1) is 0 Å². The van der Waals surface area contributed by atoms with Gasteiger partial charge >= 0.3 is 0 Å². The Morgan fingerprint density at radius 3 is 2.70 bits per heavy atom. The van der Waals surface area contributed by atoms with Crippen molar-refractivity contribution in [2.45, 2.75) is 6.92 Å². The Morgan fingerprint density at radius 2 is 2.05 bits per heavy atom. The second kappa shape index (κ2) is 6.01. The number of anilines is 2. The molecule has 2 aromatic rings. The Balaban J connectivity index is 2.35. The summed E-state index contributed by atoms with van der Waals surface area (Å²) >= 11 is 5.45. The van der Waals surface area contributed by atoms with Gasteiger partial charge in [0.05, 0.1) is 16.9 Å². The van der Waals surface area contributed by atoms with Crippen LogP contribution in [0.15, 0.2) is 34.8 Å². The first kappa shape index (κ1) is 15.1. The van der Waals surface area contributed by atoms with Crippen LogP contribution in [-0.4, -0.2) is 11.0 Å². The molecule has 0 radical (unpaired) electrons. The third-order valence-corrected chi connectivity index (χ3v) is 4.00. The first-order valence-electron chi connectivity index (χ1n) is 5.74. The van der Waals surface area contributed by atoms with Crippen LogP contribution < -0.4 is 11.1 Å². The highest BCUT2D eigenvalue weighted by Crippen LogP contribution is 2.31. The van der Waals surface area contributed by atoms with E-state index in [1.807, 2.05) is 13.0 Å². The van der Waals surface area contributed by atoms with E-state index in [9.17, 15) is 9.90 Å². The van der Waals surface area contributed by atoms with Gasteiger partial charge in [-0.25, -0.2) is 0 Å². The molecule has 0 fully saturated rings. The van der Waals surface area contributed by atoms with Gasteiger partial charge in [0.25, 0.3) is 5.91 Å². The zero-order chi connectivity index (χ0) is 14.9. The van der Waals surface area contributed by atoms with Crippen LogP contribution in [0.25, 0.3) is 0 Å². The summed E-state index contributed by atoms with van der Waals surface area (Å²) in [7, 11) is 0. The number of aryl methyl sites for hydroxylation is 1. The molecule has 2 aromatic carbocycles. The molecular weight excluding hydrogens is 435 g/mol. The lowest BCUT2D eigenvalue weighted by atomic mass is 10.1. The normalized spacial score (nSPS) is 10.3. The molecular formula is C14H12BrIN2O2. The topological polar surface area (TPSA) is 75.3 Å². The number of nitrogens with two attached hydrogens (primary N) is 1. The molecule has 2 rings (SSSR count). The average molecular weight is 447 g/mol. The quantitative estimate of drug-likeness (QED) is 0.483. The molecule has 104 valence electrons. The SMILES string of the molecule is Cc1cc(N)c(NC(=O)c2cc(I)ccc2O)c(Br)c1. The third-order valence-electron chi connectivity index (χ3n) is 2.71. The van der Waals surface area contributed by atoms with E-state index in [0.717, 1.165) is 9.13 Å². The van der Waals surface area contributed by atoms with E-state index < -0.39 is 5.91 Å². The van der Waals surface area contributed by atoms with Crippen molar-refractivity contribution < 1.29 is 9.90 Å². The molecule has 0 unspecified atom stereocenters. The number of aromatic hydroxyl groups is 1. The van der Waals surface area contributed by atoms with E-state index in [1.165, 1.54) is 6.07 Å². The summed E-state index contributed by atoms with van der Waals surface area (Å²) in [5.41, 5.74) is 8.08. The van der Waals surface area contributed by atoms with E-state index in [1.54, 1.807) is 18.2 Å². The first-order chi connectivity index (χ1) is 9.38. The monoisotopic (exact) mass is 446 g/mol. The first-order valence-corrected chi connectivity index (χ1v) is 7.61. The summed E-state index contributed by atoms with van der Waals surface area (Å²) in [6.45, 7) is 1.91. The zero-order valence-corrected chi connectivity index (χ0v) is 14.3. The average Bonchev–Trinajstić information content (AvgIpc) is 2.36. The number of amides is 1. The summed E-state index contributed by atoms with van der Waals surface area (Å²) in [4.78, 5) is 12.2. The van der Waals surface area contributed by atoms with E-state index in [4.69, 9.17) is 5.73 Å². The molecule has 0 saturated heterocycles. The maximum absolute atomic E-state index is 12.2. The summed E-state index contributed by atoms with van der Waals surface area (Å²) in [5, 5.41) is 12.5. The minimum atomic E-state index is -0.405. The van der Waals surface area contributed by atoms with Crippen molar-refractivity contribution in [3.05, 3.63) is 49.5 Å². The van der Waals surface area contributed by atoms with Crippen molar-refractivity contribution in [3.8, 4) is 5.75 Å². The Morgan fingerprint density at radius 1 is 1.35 bits per heavy atom. The second-order valence-electron chi connectivity index (χ2n) is 4.33. The summed E-state index contributed by atoms with van der Waals surface area (Å²) in [5.74, 6) is -0.470. The highest BCUT2D eigenvalue weighted by Gasteiger charge is 2.15. The van der Waals surface area contributed by atoms with Gasteiger partial charge in [0.15, 0.2) is 0 Å². The number of halogens is 2. The van der Waals surface area contributed by atoms with Crippen LogP contribution in [0.2, 0.25) is 0 Å². The van der Waals surface area contributed by atoms with E-state index in [2.05, 4.69) is 43.8 Å². The Labute approximate surface area is 138 Å². The van der Waals surface area contributed by atoms with Gasteiger partial charge in [-0.05, 0) is 81.3 Å². The molecule has 1 amide bonds. The number of phenols is 1. The van der Waals surface area contributed by atoms with Gasteiger partial charge in [-0.1, -0.05) is 0 Å². The van der Waals surface area contributed by atoms with Crippen molar-refractivity contribution in [1.29, 1.82) is 0 Å². The molecule has 0 heterocycles. The summed E-state index contributed by atoms with van der Waals surface area (Å²) in [6.07, 6.45) is 0. The number of nitrogen functional groups attached to an aromatic ring is 1. The number of phenolic OH excluding ortho intramolecular Hbond substituents is 1. The maximum Gasteiger partial charge on any atom is 0.259 e. The lowest BCUT2D eigenvalue weighted by molar-refractivity contribution is 0.102. The van der Waals surface area contributed by atoms with E-state index >= 15 is 0 Å². The molecule has 4 nitrogen and oxygen atoms in total.